The van der Waals surface area contributed by atoms with E-state index in [1.165, 1.54) is 15.8 Å². The second kappa shape index (κ2) is 13.5. The molecule has 0 bridgehead atoms. The zero-order valence-corrected chi connectivity index (χ0v) is 28.9. The zero-order chi connectivity index (χ0) is 37.8. The molecule has 3 aromatic heterocycles. The summed E-state index contributed by atoms with van der Waals surface area (Å²) in [7, 11) is 0. The number of aromatic hydroxyl groups is 1. The van der Waals surface area contributed by atoms with E-state index in [1.807, 2.05) is 0 Å². The van der Waals surface area contributed by atoms with Gasteiger partial charge in [-0.15, -0.1) is 5.10 Å². The first-order valence-electron chi connectivity index (χ1n) is 16.4. The average Bonchev–Trinajstić information content (AvgIpc) is 3.74. The lowest BCUT2D eigenvalue weighted by Crippen LogP contribution is -2.51. The molecule has 2 aliphatic rings. The zero-order valence-electron chi connectivity index (χ0n) is 28.2. The number of halogens is 4. The first-order chi connectivity index (χ1) is 25.2. The molecule has 0 saturated carbocycles. The molecule has 5 heterocycles. The number of nitrogens with one attached hydrogen (secondary N) is 2. The molecule has 0 spiro atoms. The van der Waals surface area contributed by atoms with Crippen LogP contribution in [0.5, 0.6) is 5.75 Å². The molecule has 2 aromatic carbocycles. The largest absolute Gasteiger partial charge is 0.504 e. The third-order valence-electron chi connectivity index (χ3n) is 9.12. The number of aryl methyl sites for hydroxylation is 1. The van der Waals surface area contributed by atoms with E-state index in [9.17, 15) is 37.5 Å². The molecular weight excluding hydrogens is 721 g/mol. The summed E-state index contributed by atoms with van der Waals surface area (Å²) in [6.07, 6.45) is -2.98. The number of hydrogen-bond donors (Lipinski definition) is 3. The van der Waals surface area contributed by atoms with Crippen molar-refractivity contribution in [2.75, 3.05) is 41.7 Å². The van der Waals surface area contributed by atoms with E-state index in [0.29, 0.717) is 23.0 Å². The summed E-state index contributed by atoms with van der Waals surface area (Å²) in [5.41, 5.74) is 1.07. The van der Waals surface area contributed by atoms with Crippen LogP contribution in [0.4, 0.5) is 30.2 Å². The molecule has 5 aromatic rings. The lowest BCUT2D eigenvalue weighted by molar-refractivity contribution is -0.137. The van der Waals surface area contributed by atoms with Gasteiger partial charge in [-0.1, -0.05) is 30.7 Å². The minimum Gasteiger partial charge on any atom is -0.504 e. The van der Waals surface area contributed by atoms with Gasteiger partial charge in [0.15, 0.2) is 17.3 Å². The SMILES string of the molecule is CCc1c(N2CCN(C(=O)c3ncnc(C)c3O)CC2)c(=O)n2nc(-c3ccc4c(c3)NC(=O)C4)nc2n1CC(=O)Nc1ccc(C(F)(F)F)cc1Cl. The quantitative estimate of drug-likeness (QED) is 0.222. The fourth-order valence-electron chi connectivity index (χ4n) is 6.44. The minimum absolute atomic E-state index is 0.0206. The number of anilines is 3. The van der Waals surface area contributed by atoms with E-state index in [2.05, 4.69) is 30.7 Å². The van der Waals surface area contributed by atoms with Crippen LogP contribution < -0.4 is 21.1 Å². The maximum Gasteiger partial charge on any atom is 0.416 e. The number of hydrogen-bond acceptors (Lipinski definition) is 10. The summed E-state index contributed by atoms with van der Waals surface area (Å²) in [6, 6.07) is 7.74. The minimum atomic E-state index is -4.63. The molecule has 19 heteroatoms. The van der Waals surface area contributed by atoms with Gasteiger partial charge in [-0.25, -0.2) is 9.97 Å². The van der Waals surface area contributed by atoms with Gasteiger partial charge in [-0.05, 0) is 43.2 Å². The van der Waals surface area contributed by atoms with Gasteiger partial charge >= 0.3 is 6.18 Å². The molecular formula is C34H30ClF3N10O5. The molecule has 53 heavy (non-hydrogen) atoms. The summed E-state index contributed by atoms with van der Waals surface area (Å²) >= 11 is 6.12. The van der Waals surface area contributed by atoms with E-state index >= 15 is 0 Å². The molecule has 1 fully saturated rings. The van der Waals surface area contributed by atoms with E-state index < -0.39 is 35.7 Å². The van der Waals surface area contributed by atoms with Gasteiger partial charge in [0, 0.05) is 37.4 Å². The summed E-state index contributed by atoms with van der Waals surface area (Å²) in [5, 5.41) is 19.9. The number of fused-ring (bicyclic) bond motifs is 2. The van der Waals surface area contributed by atoms with Crippen LogP contribution in [0, 0.1) is 6.92 Å². The third-order valence-corrected chi connectivity index (χ3v) is 9.43. The highest BCUT2D eigenvalue weighted by atomic mass is 35.5. The summed E-state index contributed by atoms with van der Waals surface area (Å²) in [5.74, 6) is -1.49. The Morgan fingerprint density at radius 1 is 1.06 bits per heavy atom. The highest BCUT2D eigenvalue weighted by Crippen LogP contribution is 2.34. The molecule has 3 N–H and O–H groups in total. The molecule has 1 saturated heterocycles. The maximum atomic E-state index is 14.3. The normalized spacial score (nSPS) is 14.4. The first kappa shape index (κ1) is 35.4. The van der Waals surface area contributed by atoms with Gasteiger partial charge in [-0.2, -0.15) is 22.7 Å². The Hall–Kier alpha value is -6.04. The van der Waals surface area contributed by atoms with Crippen molar-refractivity contribution in [2.24, 2.45) is 0 Å². The van der Waals surface area contributed by atoms with Crippen LogP contribution in [0.2, 0.25) is 5.02 Å². The highest BCUT2D eigenvalue weighted by molar-refractivity contribution is 6.33. The van der Waals surface area contributed by atoms with Crippen LogP contribution in [-0.2, 0) is 35.2 Å². The molecule has 3 amide bonds. The summed E-state index contributed by atoms with van der Waals surface area (Å²) < 4.78 is 42.3. The molecule has 274 valence electrons. The van der Waals surface area contributed by atoms with Crippen LogP contribution in [0.25, 0.3) is 17.2 Å². The maximum absolute atomic E-state index is 14.3. The first-order valence-corrected chi connectivity index (χ1v) is 16.8. The number of carbonyl (C=O) groups excluding carboxylic acids is 3. The Bertz CT molecular complexity index is 2390. The Morgan fingerprint density at radius 2 is 1.81 bits per heavy atom. The number of carbonyl (C=O) groups is 3. The summed E-state index contributed by atoms with van der Waals surface area (Å²) in [6.45, 7) is 3.64. The van der Waals surface area contributed by atoms with Crippen LogP contribution in [0.3, 0.4) is 0 Å². The van der Waals surface area contributed by atoms with Gasteiger partial charge in [0.05, 0.1) is 34.1 Å². The number of alkyl halides is 3. The van der Waals surface area contributed by atoms with Crippen molar-refractivity contribution in [3.05, 3.63) is 86.3 Å². The van der Waals surface area contributed by atoms with Crippen molar-refractivity contribution in [3.63, 3.8) is 0 Å². The molecule has 0 radical (unpaired) electrons. The Balaban J connectivity index is 1.26. The lowest BCUT2D eigenvalue weighted by atomic mass is 10.1. The number of amides is 3. The average molecular weight is 751 g/mol. The van der Waals surface area contributed by atoms with E-state index in [4.69, 9.17) is 11.6 Å². The summed E-state index contributed by atoms with van der Waals surface area (Å²) in [4.78, 5) is 68.9. The second-order valence-electron chi connectivity index (χ2n) is 12.5. The van der Waals surface area contributed by atoms with E-state index in [-0.39, 0.29) is 90.1 Å². The topological polar surface area (TPSA) is 180 Å². The van der Waals surface area contributed by atoms with Crippen LogP contribution >= 0.6 is 11.6 Å². The number of aromatic nitrogens is 6. The van der Waals surface area contributed by atoms with Crippen molar-refractivity contribution in [1.29, 1.82) is 0 Å². The number of piperazine rings is 1. The van der Waals surface area contributed by atoms with Crippen molar-refractivity contribution in [3.8, 4) is 17.1 Å². The molecule has 2 aliphatic heterocycles. The Morgan fingerprint density at radius 3 is 2.51 bits per heavy atom. The molecule has 0 unspecified atom stereocenters. The fraction of sp³-hybridized carbons (Fsp3) is 0.294. The van der Waals surface area contributed by atoms with Gasteiger partial charge in [0.1, 0.15) is 18.6 Å². The number of rotatable bonds is 7. The van der Waals surface area contributed by atoms with Crippen LogP contribution in [0.15, 0.2) is 47.5 Å². The predicted molar refractivity (Wildman–Crippen MR) is 186 cm³/mol. The van der Waals surface area contributed by atoms with Crippen LogP contribution in [-0.4, -0.2) is 83.0 Å². The lowest BCUT2D eigenvalue weighted by Gasteiger charge is -2.36. The van der Waals surface area contributed by atoms with E-state index in [1.54, 1.807) is 36.9 Å². The van der Waals surface area contributed by atoms with Crippen molar-refractivity contribution >= 4 is 52.2 Å². The van der Waals surface area contributed by atoms with Crippen molar-refractivity contribution in [1.82, 2.24) is 34.0 Å². The van der Waals surface area contributed by atoms with Gasteiger partial charge in [0.25, 0.3) is 11.5 Å². The Kier molecular flexibility index (Phi) is 9.01. The van der Waals surface area contributed by atoms with Crippen molar-refractivity contribution < 1.29 is 32.7 Å². The van der Waals surface area contributed by atoms with E-state index in [0.717, 1.165) is 22.2 Å². The smallest absolute Gasteiger partial charge is 0.416 e. The van der Waals surface area contributed by atoms with Crippen molar-refractivity contribution in [2.45, 2.75) is 39.4 Å². The van der Waals surface area contributed by atoms with Crippen LogP contribution in [0.1, 0.15) is 39.9 Å². The molecule has 15 nitrogen and oxygen atoms in total. The Labute approximate surface area is 303 Å². The predicted octanol–water partition coefficient (Wildman–Crippen LogP) is 3.69. The molecule has 0 atom stereocenters. The molecule has 0 aliphatic carbocycles. The molecule has 7 rings (SSSR count). The number of nitrogens with zero attached hydrogens (tertiary/aromatic N) is 8. The van der Waals surface area contributed by atoms with Gasteiger partial charge < -0.3 is 30.1 Å². The number of benzene rings is 2. The monoisotopic (exact) mass is 750 g/mol. The standard InChI is InChI=1S/C34H30ClF3N10O5/c1-3-24-28(45-8-10-46(11-9-45)31(52)27-29(51)17(2)39-16-40-27)32(53)48-33(43-30(44-48)19-5-4-18-13-25(49)42-23(18)12-19)47(24)15-26(50)41-22-7-6-20(14-21(22)35)34(36,37)38/h4-7,12,14,16,51H,3,8-11,13,15H2,1-2H3,(H,41,50)(H,42,49). The van der Waals surface area contributed by atoms with Gasteiger partial charge in [-0.3, -0.25) is 19.2 Å². The van der Waals surface area contributed by atoms with Gasteiger partial charge in [0.2, 0.25) is 17.6 Å². The fourth-order valence-corrected chi connectivity index (χ4v) is 6.67. The third kappa shape index (κ3) is 6.61. The second-order valence-corrected chi connectivity index (χ2v) is 12.9. The highest BCUT2D eigenvalue weighted by Gasteiger charge is 2.32.